The molecule has 0 radical (unpaired) electrons. The number of benzene rings is 2. The largest absolute Gasteiger partial charge is 0.398 e. The first-order valence-corrected chi connectivity index (χ1v) is 20.9. The Hall–Kier alpha value is -2.94. The lowest BCUT2D eigenvalue weighted by Gasteiger charge is -2.70. The maximum Gasteiger partial charge on any atom is 0.276 e. The molecule has 274 valence electrons. The van der Waals surface area contributed by atoms with Crippen molar-refractivity contribution in [1.29, 1.82) is 0 Å². The van der Waals surface area contributed by atoms with Crippen molar-refractivity contribution in [2.45, 2.75) is 109 Å². The molecular weight excluding hydrogens is 638 g/mol. The lowest BCUT2D eigenvalue weighted by atomic mass is 9.35. The van der Waals surface area contributed by atoms with Gasteiger partial charge in [0, 0.05) is 52.9 Å². The van der Waals surface area contributed by atoms with Gasteiger partial charge in [0.2, 0.25) is 0 Å². The van der Waals surface area contributed by atoms with Gasteiger partial charge in [-0.1, -0.05) is 39.0 Å². The van der Waals surface area contributed by atoms with Gasteiger partial charge in [-0.15, -0.1) is 0 Å². The fraction of sp³-hybridized carbons (Fsp3) is 0.762. The first kappa shape index (κ1) is 32.7. The highest BCUT2D eigenvalue weighted by atomic mass is 16.6. The van der Waals surface area contributed by atoms with Crippen LogP contribution >= 0.6 is 0 Å². The summed E-state index contributed by atoms with van der Waals surface area (Å²) in [4.78, 5) is 23.3. The van der Waals surface area contributed by atoms with Gasteiger partial charge in [0.15, 0.2) is 0 Å². The number of nitrogen functional groups attached to an aromatic ring is 2. The monoisotopic (exact) mass is 695 g/mol. The molecule has 16 atom stereocenters. The summed E-state index contributed by atoms with van der Waals surface area (Å²) >= 11 is 0. The molecule has 8 saturated carbocycles. The second kappa shape index (κ2) is 12.0. The molecule has 10 rings (SSSR count). The average Bonchev–Trinajstić information content (AvgIpc) is 3.12. The predicted molar refractivity (Wildman–Crippen MR) is 199 cm³/mol. The number of nitrogens with one attached hydrogen (secondary N) is 1. The van der Waals surface area contributed by atoms with Crippen molar-refractivity contribution < 1.29 is 9.85 Å². The molecule has 8 fully saturated rings. The Balaban J connectivity index is 0.963. The van der Waals surface area contributed by atoms with Crippen molar-refractivity contribution in [2.24, 2.45) is 88.8 Å². The number of nitrogens with two attached hydrogens (primary N) is 2. The standard InChI is InChI=1S/C42H57N5O4/c1-20-8-9-25-28-12-10-26-23-6-2-4-21-5-3-7-24(38(21)23)27-11-13-29(41(28)40(26)27)30-14-15-35(37(20)39(25)30)45-19-32-31-16-22(46(48)49)17-33(43)42(31)34(44)18-36(32)47(50)51/h16-18,20-21,23-30,35,37-41,45H,2-15,19,43-44H2,1H3. The third-order valence-electron chi connectivity index (χ3n) is 17.7. The lowest BCUT2D eigenvalue weighted by molar-refractivity contribution is -0.385. The Morgan fingerprint density at radius 1 is 0.627 bits per heavy atom. The van der Waals surface area contributed by atoms with Crippen LogP contribution in [0.4, 0.5) is 22.7 Å². The number of non-ortho nitro benzene ring substituents is 1. The third-order valence-corrected chi connectivity index (χ3v) is 17.7. The fourth-order valence-corrected chi connectivity index (χ4v) is 16.6. The summed E-state index contributed by atoms with van der Waals surface area (Å²) in [5.74, 6) is 13.4. The summed E-state index contributed by atoms with van der Waals surface area (Å²) in [5.41, 5.74) is 13.1. The molecule has 0 spiro atoms. The number of hydrogen-bond acceptors (Lipinski definition) is 7. The van der Waals surface area contributed by atoms with Crippen molar-refractivity contribution in [2.75, 3.05) is 11.5 Å². The Morgan fingerprint density at radius 3 is 1.71 bits per heavy atom. The topological polar surface area (TPSA) is 150 Å². The number of nitrogens with zero attached hydrogens (tertiary/aromatic N) is 2. The number of hydrogen-bond donors (Lipinski definition) is 3. The highest BCUT2D eigenvalue weighted by Crippen LogP contribution is 2.72. The molecule has 0 saturated heterocycles. The van der Waals surface area contributed by atoms with Gasteiger partial charge in [-0.05, 0) is 147 Å². The molecule has 9 nitrogen and oxygen atoms in total. The summed E-state index contributed by atoms with van der Waals surface area (Å²) in [5, 5.41) is 29.0. The van der Waals surface area contributed by atoms with E-state index in [0.717, 1.165) is 83.4 Å². The lowest BCUT2D eigenvalue weighted by Crippen LogP contribution is -2.65. The minimum Gasteiger partial charge on any atom is -0.398 e. The first-order valence-electron chi connectivity index (χ1n) is 20.9. The molecule has 9 heteroatoms. The maximum absolute atomic E-state index is 12.4. The van der Waals surface area contributed by atoms with E-state index in [2.05, 4.69) is 12.2 Å². The predicted octanol–water partition coefficient (Wildman–Crippen LogP) is 9.11. The smallest absolute Gasteiger partial charge is 0.276 e. The molecule has 16 unspecified atom stereocenters. The third kappa shape index (κ3) is 4.73. The van der Waals surface area contributed by atoms with Gasteiger partial charge in [-0.3, -0.25) is 20.2 Å². The summed E-state index contributed by atoms with van der Waals surface area (Å²) in [6, 6.07) is 4.38. The molecule has 8 aliphatic rings. The first-order chi connectivity index (χ1) is 24.7. The molecule has 8 aliphatic carbocycles. The van der Waals surface area contributed by atoms with Crippen LogP contribution in [0.15, 0.2) is 18.2 Å². The van der Waals surface area contributed by atoms with Gasteiger partial charge >= 0.3 is 0 Å². The highest BCUT2D eigenvalue weighted by molar-refractivity contribution is 6.06. The van der Waals surface area contributed by atoms with E-state index in [4.69, 9.17) is 11.5 Å². The Bertz CT molecular complexity index is 1720. The molecule has 0 aliphatic heterocycles. The van der Waals surface area contributed by atoms with Crippen molar-refractivity contribution in [1.82, 2.24) is 5.32 Å². The summed E-state index contributed by atoms with van der Waals surface area (Å²) in [7, 11) is 0. The second-order valence-corrected chi connectivity index (χ2v) is 19.0. The molecule has 2 aromatic rings. The molecular formula is C42H57N5O4. The number of rotatable bonds is 5. The molecule has 0 aromatic heterocycles. The van der Waals surface area contributed by atoms with E-state index in [1.807, 2.05) is 0 Å². The van der Waals surface area contributed by atoms with Gasteiger partial charge in [0.1, 0.15) is 0 Å². The number of nitro benzene ring substituents is 2. The molecule has 0 amide bonds. The molecule has 5 N–H and O–H groups in total. The average molecular weight is 696 g/mol. The SMILES string of the molecule is CC1CCC2C3CCC4C5CCCC6CCCC(C7CCC(C8CCC(NCc9c([N+](=O)[O-])cc(N)c%10c(N)cc([N+](=O)[O-])cc9%10)C1C28)C3C47)C65. The summed E-state index contributed by atoms with van der Waals surface area (Å²) < 4.78 is 0. The van der Waals surface area contributed by atoms with Crippen LogP contribution in [0.1, 0.15) is 102 Å². The minimum absolute atomic E-state index is 0.0957. The van der Waals surface area contributed by atoms with E-state index < -0.39 is 9.85 Å². The zero-order chi connectivity index (χ0) is 34.9. The van der Waals surface area contributed by atoms with Crippen LogP contribution in [-0.2, 0) is 6.54 Å². The van der Waals surface area contributed by atoms with Crippen molar-refractivity contribution in [3.8, 4) is 0 Å². The molecule has 2 aromatic carbocycles. The minimum atomic E-state index is -0.489. The van der Waals surface area contributed by atoms with Crippen LogP contribution < -0.4 is 16.8 Å². The highest BCUT2D eigenvalue weighted by Gasteiger charge is 2.66. The van der Waals surface area contributed by atoms with E-state index in [0.29, 0.717) is 28.2 Å². The van der Waals surface area contributed by atoms with Crippen molar-refractivity contribution >= 4 is 33.5 Å². The van der Waals surface area contributed by atoms with Gasteiger partial charge in [-0.25, -0.2) is 0 Å². The van der Waals surface area contributed by atoms with Crippen molar-refractivity contribution in [3.05, 3.63) is 44.0 Å². The van der Waals surface area contributed by atoms with E-state index in [9.17, 15) is 20.2 Å². The van der Waals surface area contributed by atoms with Crippen LogP contribution in [0.3, 0.4) is 0 Å². The van der Waals surface area contributed by atoms with Crippen LogP contribution in [0.5, 0.6) is 0 Å². The fourth-order valence-electron chi connectivity index (χ4n) is 16.6. The van der Waals surface area contributed by atoms with Crippen molar-refractivity contribution in [3.63, 3.8) is 0 Å². The molecule has 51 heavy (non-hydrogen) atoms. The van der Waals surface area contributed by atoms with E-state index in [1.54, 1.807) is 0 Å². The van der Waals surface area contributed by atoms with Crippen LogP contribution in [-0.4, -0.2) is 15.9 Å². The van der Waals surface area contributed by atoms with Crippen LogP contribution in [0, 0.1) is 109 Å². The molecule has 0 heterocycles. The van der Waals surface area contributed by atoms with Gasteiger partial charge in [0.25, 0.3) is 11.4 Å². The molecule has 0 bridgehead atoms. The number of anilines is 2. The normalized spacial score (nSPS) is 44.9. The Morgan fingerprint density at radius 2 is 1.14 bits per heavy atom. The van der Waals surface area contributed by atoms with E-state index in [-0.39, 0.29) is 35.3 Å². The van der Waals surface area contributed by atoms with Gasteiger partial charge < -0.3 is 16.8 Å². The summed E-state index contributed by atoms with van der Waals surface area (Å²) in [6.45, 7) is 2.75. The zero-order valence-corrected chi connectivity index (χ0v) is 30.3. The van der Waals surface area contributed by atoms with E-state index in [1.165, 1.54) is 102 Å². The number of nitro groups is 2. The number of fused-ring (bicyclic) bond motifs is 5. The van der Waals surface area contributed by atoms with E-state index >= 15 is 0 Å². The Labute approximate surface area is 301 Å². The maximum atomic E-state index is 12.4. The van der Waals surface area contributed by atoms with Crippen LogP contribution in [0.2, 0.25) is 0 Å². The zero-order valence-electron chi connectivity index (χ0n) is 30.3. The van der Waals surface area contributed by atoms with Gasteiger partial charge in [0.05, 0.1) is 15.4 Å². The Kier molecular flexibility index (Phi) is 7.72. The van der Waals surface area contributed by atoms with Crippen LogP contribution in [0.25, 0.3) is 10.8 Å². The van der Waals surface area contributed by atoms with Gasteiger partial charge in [-0.2, -0.15) is 0 Å². The second-order valence-electron chi connectivity index (χ2n) is 19.0. The summed E-state index contributed by atoms with van der Waals surface area (Å²) in [6.07, 6.45) is 20.0. The quantitative estimate of drug-likeness (QED) is 0.160.